The molecule has 1 aliphatic heterocycles. The summed E-state index contributed by atoms with van der Waals surface area (Å²) >= 11 is 1.30. The third-order valence-electron chi connectivity index (χ3n) is 10.4. The predicted molar refractivity (Wildman–Crippen MR) is 233 cm³/mol. The molecule has 0 aromatic heterocycles. The fraction of sp³-hybridized carbons (Fsp3) is 0.718. The lowest BCUT2D eigenvalue weighted by molar-refractivity contribution is -0.145. The van der Waals surface area contributed by atoms with E-state index in [2.05, 4.69) is 42.5 Å². The third-order valence-corrected chi connectivity index (χ3v) is 11.1. The minimum atomic E-state index is -1.74. The molecule has 1 rings (SSSR count). The van der Waals surface area contributed by atoms with Crippen LogP contribution in [0.2, 0.25) is 0 Å². The zero-order chi connectivity index (χ0) is 50.4. The van der Waals surface area contributed by atoms with Crippen molar-refractivity contribution in [3.63, 3.8) is 0 Å². The number of nitrogens with zero attached hydrogens (tertiary/aromatic N) is 1. The van der Waals surface area contributed by atoms with E-state index in [1.54, 1.807) is 20.1 Å². The number of aliphatic hydroxyl groups is 3. The van der Waals surface area contributed by atoms with Gasteiger partial charge in [-0.25, -0.2) is 4.79 Å². The number of aliphatic carboxylic acids is 2. The van der Waals surface area contributed by atoms with Crippen molar-refractivity contribution in [3.8, 4) is 0 Å². The maximum Gasteiger partial charge on any atom is 0.326 e. The molecule has 10 atom stereocenters. The third kappa shape index (κ3) is 18.7. The summed E-state index contributed by atoms with van der Waals surface area (Å²) in [6.07, 6.45) is -0.187. The van der Waals surface area contributed by atoms with Gasteiger partial charge in [-0.15, -0.1) is 0 Å². The Labute approximate surface area is 385 Å². The fourth-order valence-electron chi connectivity index (χ4n) is 6.44. The number of nitrogens with two attached hydrogens (primary N) is 1. The molecule has 15 N–H and O–H groups in total. The van der Waals surface area contributed by atoms with Crippen molar-refractivity contribution in [1.29, 1.82) is 0 Å². The quantitative estimate of drug-likeness (QED) is 0.0332. The Balaban J connectivity index is 3.18. The number of nitrogens with one attached hydrogen (secondary N) is 8. The van der Waals surface area contributed by atoms with Crippen molar-refractivity contribution in [1.82, 2.24) is 47.4 Å². The van der Waals surface area contributed by atoms with Crippen LogP contribution in [-0.2, 0) is 52.7 Å². The van der Waals surface area contributed by atoms with E-state index in [0.29, 0.717) is 12.2 Å². The summed E-state index contributed by atoms with van der Waals surface area (Å²) in [7, 11) is 0. The maximum absolute atomic E-state index is 13.9. The van der Waals surface area contributed by atoms with E-state index >= 15 is 0 Å². The van der Waals surface area contributed by atoms with Gasteiger partial charge in [-0.1, -0.05) is 34.1 Å². The van der Waals surface area contributed by atoms with Crippen LogP contribution >= 0.6 is 11.8 Å². The van der Waals surface area contributed by atoms with Gasteiger partial charge in [0.1, 0.15) is 48.3 Å². The highest BCUT2D eigenvalue weighted by atomic mass is 32.2. The number of hydrogen-bond donors (Lipinski definition) is 14. The molecule has 0 aliphatic carbocycles. The summed E-state index contributed by atoms with van der Waals surface area (Å²) < 4.78 is 0. The van der Waals surface area contributed by atoms with Crippen molar-refractivity contribution in [3.05, 3.63) is 0 Å². The molecule has 0 aromatic carbocycles. The molecule has 27 heteroatoms. The molecule has 1 heterocycles. The van der Waals surface area contributed by atoms with Crippen molar-refractivity contribution in [2.75, 3.05) is 44.9 Å². The van der Waals surface area contributed by atoms with Crippen LogP contribution in [0.5, 0.6) is 0 Å². The number of aliphatic hydroxyl groups excluding tert-OH is 3. The van der Waals surface area contributed by atoms with Gasteiger partial charge < -0.3 is 78.7 Å². The Bertz CT molecular complexity index is 1740. The van der Waals surface area contributed by atoms with Crippen LogP contribution in [0, 0.1) is 11.8 Å². The van der Waals surface area contributed by atoms with Crippen molar-refractivity contribution >= 4 is 76.9 Å². The van der Waals surface area contributed by atoms with Crippen LogP contribution in [0.25, 0.3) is 0 Å². The van der Waals surface area contributed by atoms with Gasteiger partial charge in [0.15, 0.2) is 0 Å². The van der Waals surface area contributed by atoms with Crippen LogP contribution in [0.3, 0.4) is 0 Å². The highest BCUT2D eigenvalue weighted by molar-refractivity contribution is 7.98. The number of thioether (sulfide) groups is 1. The van der Waals surface area contributed by atoms with Gasteiger partial charge in [0.05, 0.1) is 38.8 Å². The van der Waals surface area contributed by atoms with Crippen LogP contribution in [0.1, 0.15) is 66.7 Å². The topological polar surface area (TPSA) is 414 Å². The van der Waals surface area contributed by atoms with E-state index in [1.807, 2.05) is 0 Å². The second kappa shape index (κ2) is 29.1. The largest absolute Gasteiger partial charge is 0.481 e. The van der Waals surface area contributed by atoms with E-state index in [1.165, 1.54) is 25.6 Å². The molecule has 0 aromatic rings. The first kappa shape index (κ1) is 58.4. The predicted octanol–water partition coefficient (Wildman–Crippen LogP) is -6.17. The number of carbonyl (C=O) groups is 11. The molecule has 66 heavy (non-hydrogen) atoms. The first-order valence-corrected chi connectivity index (χ1v) is 22.6. The smallest absolute Gasteiger partial charge is 0.326 e. The summed E-state index contributed by atoms with van der Waals surface area (Å²) in [4.78, 5) is 142. The number of carboxylic acid groups (broad SMARTS) is 2. The Morgan fingerprint density at radius 2 is 1.26 bits per heavy atom. The highest BCUT2D eigenvalue weighted by Gasteiger charge is 2.42. The van der Waals surface area contributed by atoms with Crippen LogP contribution in [-0.4, -0.2) is 195 Å². The minimum absolute atomic E-state index is 0.0229. The lowest BCUT2D eigenvalue weighted by Crippen LogP contribution is -2.62. The van der Waals surface area contributed by atoms with E-state index in [4.69, 9.17) is 5.73 Å². The first-order chi connectivity index (χ1) is 31.0. The molecule has 0 spiro atoms. The zero-order valence-corrected chi connectivity index (χ0v) is 38.6. The average molecular weight is 963 g/mol. The van der Waals surface area contributed by atoms with Crippen molar-refractivity contribution in [2.24, 2.45) is 17.6 Å². The minimum Gasteiger partial charge on any atom is -0.481 e. The van der Waals surface area contributed by atoms with Crippen LogP contribution in [0.15, 0.2) is 0 Å². The summed E-state index contributed by atoms with van der Waals surface area (Å²) in [5.41, 5.74) is 5.20. The molecule has 0 bridgehead atoms. The standard InChI is InChI=1S/C39H66N10O16S/c1-7-19(4)30(46-27(54)15-41-32(57)23(16-50)42-26(53)14-40)37(62)45-24(17-51)35(60)48-31(20(5)52)38(63)49-11-8-9-25(49)36(61)43-21(10-12-66-6)33(58)44-22(13-28(55)56)34(59)47-29(18(2)3)39(64)65/h18-25,29-31,50-52H,7-17,40H2,1-6H3,(H,41,57)(H,42,53)(H,43,61)(H,44,58)(H,45,62)(H,46,54)(H,47,59)(H,48,60)(H,55,56)(H,64,65)/t19-,20+,21-,22-,23-,24-,25-,29-,30-,31-/m0/s1. The van der Waals surface area contributed by atoms with Crippen molar-refractivity contribution in [2.45, 2.75) is 121 Å². The van der Waals surface area contributed by atoms with Crippen LogP contribution < -0.4 is 48.3 Å². The molecule has 26 nitrogen and oxygen atoms in total. The molecule has 0 radical (unpaired) electrons. The Morgan fingerprint density at radius 1 is 0.697 bits per heavy atom. The van der Waals surface area contributed by atoms with E-state index < -0.39 is 164 Å². The molecule has 374 valence electrons. The van der Waals surface area contributed by atoms with Gasteiger partial charge in [0.2, 0.25) is 53.2 Å². The first-order valence-electron chi connectivity index (χ1n) is 21.2. The number of hydrogen-bond acceptors (Lipinski definition) is 16. The molecule has 1 aliphatic rings. The number of amides is 9. The number of rotatable bonds is 29. The van der Waals surface area contributed by atoms with E-state index in [-0.39, 0.29) is 25.8 Å². The Kier molecular flexibility index (Phi) is 25.7. The summed E-state index contributed by atoms with van der Waals surface area (Å²) in [6, 6.07) is -12.0. The molecule has 1 fully saturated rings. The van der Waals surface area contributed by atoms with Gasteiger partial charge >= 0.3 is 11.9 Å². The maximum atomic E-state index is 13.9. The summed E-state index contributed by atoms with van der Waals surface area (Å²) in [5, 5.41) is 67.6. The van der Waals surface area contributed by atoms with Gasteiger partial charge in [-0.2, -0.15) is 11.8 Å². The second-order valence-electron chi connectivity index (χ2n) is 15.9. The van der Waals surface area contributed by atoms with E-state index in [9.17, 15) is 78.3 Å². The number of carbonyl (C=O) groups excluding carboxylic acids is 9. The SMILES string of the molecule is CC[C@H](C)[C@H](NC(=O)CNC(=O)[C@H](CO)NC(=O)CN)C(=O)N[C@@H](CO)C(=O)N[C@H](C(=O)N1CCC[C@H]1C(=O)N[C@@H](CCSC)C(=O)N[C@@H](CC(=O)O)C(=O)N[C@H](C(=O)O)C(C)C)[C@@H](C)O. The normalized spacial score (nSPS) is 17.5. The monoisotopic (exact) mass is 962 g/mol. The second-order valence-corrected chi connectivity index (χ2v) is 16.9. The lowest BCUT2D eigenvalue weighted by Gasteiger charge is -2.32. The molecule has 0 unspecified atom stereocenters. The highest BCUT2D eigenvalue weighted by Crippen LogP contribution is 2.20. The molecule has 9 amide bonds. The lowest BCUT2D eigenvalue weighted by atomic mass is 9.98. The zero-order valence-electron chi connectivity index (χ0n) is 37.8. The van der Waals surface area contributed by atoms with Gasteiger partial charge in [-0.05, 0) is 50.0 Å². The summed E-state index contributed by atoms with van der Waals surface area (Å²) in [5.74, 6) is -12.3. The van der Waals surface area contributed by atoms with E-state index in [0.717, 1.165) is 11.8 Å². The fourth-order valence-corrected chi connectivity index (χ4v) is 6.91. The molecular formula is C39H66N10O16S. The molecular weight excluding hydrogens is 897 g/mol. The number of carboxylic acids is 2. The summed E-state index contributed by atoms with van der Waals surface area (Å²) in [6.45, 7) is 4.43. The van der Waals surface area contributed by atoms with Gasteiger partial charge in [0.25, 0.3) is 0 Å². The van der Waals surface area contributed by atoms with Gasteiger partial charge in [-0.3, -0.25) is 47.9 Å². The number of likely N-dealkylation sites (tertiary alicyclic amines) is 1. The Morgan fingerprint density at radius 3 is 1.77 bits per heavy atom. The van der Waals surface area contributed by atoms with Crippen LogP contribution in [0.4, 0.5) is 0 Å². The van der Waals surface area contributed by atoms with Gasteiger partial charge in [0, 0.05) is 6.54 Å². The average Bonchev–Trinajstić information content (AvgIpc) is 3.76. The molecule has 1 saturated heterocycles. The van der Waals surface area contributed by atoms with Crippen molar-refractivity contribution < 1.29 is 78.3 Å². The molecule has 0 saturated carbocycles. The Hall–Kier alpha value is -5.64.